The molecule has 206 valence electrons. The van der Waals surface area contributed by atoms with Crippen molar-refractivity contribution in [2.45, 2.75) is 115 Å². The predicted molar refractivity (Wildman–Crippen MR) is 155 cm³/mol. The first-order valence-corrected chi connectivity index (χ1v) is 17.4. The standard InChI is InChI=1S/C24H54O6S2Si2/c1-9-15-25-21(7,33)23(27-17-11-3,28-18-12-4)31-32-24(29-19-13-5,30-20-14-6)22(8,34)26-16-10-2/h9-20H2,1-8,33-34H3. The molecule has 0 bridgehead atoms. The highest BCUT2D eigenvalue weighted by molar-refractivity contribution is 8.77. The summed E-state index contributed by atoms with van der Waals surface area (Å²) >= 11 is 0. The average Bonchev–Trinajstić information content (AvgIpc) is 2.81. The molecule has 0 saturated heterocycles. The molecule has 0 heterocycles. The van der Waals surface area contributed by atoms with E-state index in [1.165, 1.54) is 0 Å². The molecule has 2 unspecified atom stereocenters. The summed E-state index contributed by atoms with van der Waals surface area (Å²) in [6.07, 6.45) is 5.48. The molecule has 0 aromatic heterocycles. The second-order valence-corrected chi connectivity index (χ2v) is 15.6. The molecule has 0 aromatic carbocycles. The zero-order valence-electron chi connectivity index (χ0n) is 23.8. The minimum Gasteiger partial charge on any atom is -0.373 e. The van der Waals surface area contributed by atoms with Crippen molar-refractivity contribution < 1.29 is 28.4 Å². The summed E-state index contributed by atoms with van der Waals surface area (Å²) in [7, 11) is 4.58. The summed E-state index contributed by atoms with van der Waals surface area (Å²) in [4.78, 5) is 0. The topological polar surface area (TPSA) is 55.4 Å². The van der Waals surface area contributed by atoms with Gasteiger partial charge < -0.3 is 28.4 Å². The van der Waals surface area contributed by atoms with Crippen LogP contribution in [0.25, 0.3) is 0 Å². The zero-order chi connectivity index (χ0) is 26.1. The van der Waals surface area contributed by atoms with Gasteiger partial charge >= 0.3 is 0 Å². The van der Waals surface area contributed by atoms with E-state index in [4.69, 9.17) is 28.4 Å². The zero-order valence-corrected chi connectivity index (χ0v) is 29.4. The van der Waals surface area contributed by atoms with E-state index in [0.717, 1.165) is 59.0 Å². The normalized spacial score (nSPS) is 16.6. The summed E-state index contributed by atoms with van der Waals surface area (Å²) in [6.45, 7) is 20.6. The van der Waals surface area contributed by atoms with Gasteiger partial charge in [-0.1, -0.05) is 41.5 Å². The maximum Gasteiger partial charge on any atom is 0.254 e. The maximum atomic E-state index is 6.53. The number of rotatable bonds is 23. The molecule has 34 heavy (non-hydrogen) atoms. The van der Waals surface area contributed by atoms with Crippen LogP contribution in [-0.2, 0) is 28.4 Å². The SMILES string of the molecule is CCCOC(C)([SiH3])C(OCCC)(OCCC)SSC(OCCC)(OCCC)C(C)([SiH3])OCCC. The van der Waals surface area contributed by atoms with Crippen LogP contribution in [0.4, 0.5) is 0 Å². The maximum absolute atomic E-state index is 6.53. The molecule has 0 aliphatic rings. The molecule has 0 aromatic rings. The van der Waals surface area contributed by atoms with Crippen molar-refractivity contribution in [1.29, 1.82) is 0 Å². The van der Waals surface area contributed by atoms with E-state index < -0.39 is 20.7 Å². The first kappa shape index (κ1) is 34.9. The fourth-order valence-electron chi connectivity index (χ4n) is 3.02. The smallest absolute Gasteiger partial charge is 0.254 e. The molecular weight excluding hydrogens is 505 g/mol. The Balaban J connectivity index is 6.35. The third kappa shape index (κ3) is 10.7. The first-order chi connectivity index (χ1) is 16.1. The molecule has 0 rings (SSSR count). The van der Waals surface area contributed by atoms with Crippen molar-refractivity contribution in [2.24, 2.45) is 0 Å². The molecule has 6 nitrogen and oxygen atoms in total. The van der Waals surface area contributed by atoms with Crippen molar-refractivity contribution in [2.75, 3.05) is 39.6 Å². The second kappa shape index (κ2) is 18.2. The third-order valence-corrected chi connectivity index (χ3v) is 11.2. The highest BCUT2D eigenvalue weighted by Gasteiger charge is 2.56. The molecule has 2 atom stereocenters. The largest absolute Gasteiger partial charge is 0.373 e. The van der Waals surface area contributed by atoms with Crippen LogP contribution in [0.15, 0.2) is 0 Å². The van der Waals surface area contributed by atoms with Crippen LogP contribution in [0.3, 0.4) is 0 Å². The lowest BCUT2D eigenvalue weighted by Crippen LogP contribution is -2.59. The van der Waals surface area contributed by atoms with Gasteiger partial charge in [0.1, 0.15) is 10.4 Å². The van der Waals surface area contributed by atoms with Crippen LogP contribution in [0.2, 0.25) is 0 Å². The minimum absolute atomic E-state index is 0.557. The Bertz CT molecular complexity index is 452. The number of hydrogen-bond acceptors (Lipinski definition) is 8. The van der Waals surface area contributed by atoms with Crippen LogP contribution in [0, 0.1) is 0 Å². The van der Waals surface area contributed by atoms with Crippen molar-refractivity contribution in [1.82, 2.24) is 0 Å². The van der Waals surface area contributed by atoms with E-state index in [1.54, 1.807) is 21.6 Å². The van der Waals surface area contributed by atoms with E-state index in [1.807, 2.05) is 0 Å². The van der Waals surface area contributed by atoms with Gasteiger partial charge in [0.15, 0.2) is 0 Å². The monoisotopic (exact) mass is 558 g/mol. The molecular formula is C24H54O6S2Si2. The van der Waals surface area contributed by atoms with Crippen molar-refractivity contribution in [3.8, 4) is 0 Å². The van der Waals surface area contributed by atoms with Crippen LogP contribution < -0.4 is 0 Å². The quantitative estimate of drug-likeness (QED) is 0.104. The summed E-state index contributed by atoms with van der Waals surface area (Å²) in [5.41, 5.74) is 0. The molecule has 0 aliphatic heterocycles. The summed E-state index contributed by atoms with van der Waals surface area (Å²) in [5, 5.41) is -3.05. The van der Waals surface area contributed by atoms with E-state index >= 15 is 0 Å². The van der Waals surface area contributed by atoms with Crippen molar-refractivity contribution in [3.63, 3.8) is 0 Å². The summed E-state index contributed by atoms with van der Waals surface area (Å²) in [5.74, 6) is 0. The molecule has 0 radical (unpaired) electrons. The predicted octanol–water partition coefficient (Wildman–Crippen LogP) is 4.40. The number of ether oxygens (including phenoxy) is 6. The Morgan fingerprint density at radius 1 is 0.441 bits per heavy atom. The minimum atomic E-state index is -0.968. The molecule has 0 spiro atoms. The van der Waals surface area contributed by atoms with Crippen LogP contribution in [-0.4, -0.2) is 80.8 Å². The summed E-state index contributed by atoms with van der Waals surface area (Å²) < 4.78 is 38.9. The Morgan fingerprint density at radius 3 is 0.853 bits per heavy atom. The highest BCUT2D eigenvalue weighted by atomic mass is 33.1. The van der Waals surface area contributed by atoms with Gasteiger partial charge in [-0.15, -0.1) is 0 Å². The Morgan fingerprint density at radius 2 is 0.647 bits per heavy atom. The molecule has 10 heteroatoms. The van der Waals surface area contributed by atoms with E-state index in [0.29, 0.717) is 39.6 Å². The van der Waals surface area contributed by atoms with Gasteiger partial charge in [-0.05, 0) is 74.0 Å². The lowest BCUT2D eigenvalue weighted by atomic mass is 10.3. The summed E-state index contributed by atoms with van der Waals surface area (Å²) in [6, 6.07) is 0. The molecule has 0 amide bonds. The molecule has 0 saturated carbocycles. The Kier molecular flexibility index (Phi) is 18.7. The van der Waals surface area contributed by atoms with Crippen LogP contribution in [0.5, 0.6) is 0 Å². The average molecular weight is 559 g/mol. The fourth-order valence-corrected chi connectivity index (χ4v) is 9.21. The van der Waals surface area contributed by atoms with Gasteiger partial charge in [0, 0.05) is 13.2 Å². The molecule has 0 aliphatic carbocycles. The van der Waals surface area contributed by atoms with Crippen molar-refractivity contribution in [3.05, 3.63) is 0 Å². The highest BCUT2D eigenvalue weighted by Crippen LogP contribution is 2.54. The van der Waals surface area contributed by atoms with Gasteiger partial charge in [0.25, 0.3) is 10.2 Å². The molecule has 0 fully saturated rings. The van der Waals surface area contributed by atoms with E-state index in [2.05, 4.69) is 55.4 Å². The second-order valence-electron chi connectivity index (χ2n) is 9.39. The van der Waals surface area contributed by atoms with Crippen molar-refractivity contribution >= 4 is 42.1 Å². The lowest BCUT2D eigenvalue weighted by molar-refractivity contribution is -0.247. The third-order valence-electron chi connectivity index (χ3n) is 5.05. The Labute approximate surface area is 224 Å². The van der Waals surface area contributed by atoms with Gasteiger partial charge in [-0.25, -0.2) is 0 Å². The fraction of sp³-hybridized carbons (Fsp3) is 1.00. The van der Waals surface area contributed by atoms with Gasteiger partial charge in [-0.3, -0.25) is 0 Å². The van der Waals surface area contributed by atoms with Gasteiger partial charge in [-0.2, -0.15) is 0 Å². The van der Waals surface area contributed by atoms with Gasteiger partial charge in [0.05, 0.1) is 46.9 Å². The Hall–Kier alpha value is 0.894. The van der Waals surface area contributed by atoms with E-state index in [9.17, 15) is 0 Å². The van der Waals surface area contributed by atoms with Gasteiger partial charge in [0.2, 0.25) is 0 Å². The molecule has 0 N–H and O–H groups in total. The first-order valence-electron chi connectivity index (χ1n) is 13.3. The van der Waals surface area contributed by atoms with Crippen LogP contribution in [0.1, 0.15) is 93.9 Å². The lowest BCUT2D eigenvalue weighted by Gasteiger charge is -2.48. The van der Waals surface area contributed by atoms with E-state index in [-0.39, 0.29) is 0 Å². The van der Waals surface area contributed by atoms with Crippen LogP contribution >= 0.6 is 21.6 Å². The number of hydrogen-bond donors (Lipinski definition) is 0.